The van der Waals surface area contributed by atoms with E-state index in [1.54, 1.807) is 6.55 Å². The van der Waals surface area contributed by atoms with Crippen LogP contribution in [0, 0.1) is 0 Å². The highest BCUT2D eigenvalue weighted by molar-refractivity contribution is 6.84. The maximum absolute atomic E-state index is 12.6. The Morgan fingerprint density at radius 3 is 1.23 bits per heavy atom. The Bertz CT molecular complexity index is 376. The summed E-state index contributed by atoms with van der Waals surface area (Å²) >= 11 is 0. The van der Waals surface area contributed by atoms with Gasteiger partial charge in [0.2, 0.25) is 0 Å². The van der Waals surface area contributed by atoms with Crippen LogP contribution in [0.4, 0.5) is 39.5 Å². The molecule has 0 rings (SSSR count). The van der Waals surface area contributed by atoms with E-state index in [1.165, 1.54) is 13.1 Å². The van der Waals surface area contributed by atoms with Crippen LogP contribution in [0.5, 0.6) is 0 Å². The number of hydrogen-bond acceptors (Lipinski definition) is 2. The molecule has 0 bridgehead atoms. The van der Waals surface area contributed by atoms with Crippen LogP contribution in [-0.2, 0) is 8.23 Å². The summed E-state index contributed by atoms with van der Waals surface area (Å²) in [6, 6.07) is -2.52. The van der Waals surface area contributed by atoms with Crippen LogP contribution in [0.1, 0.15) is 19.3 Å². The number of alkyl halides is 9. The van der Waals surface area contributed by atoms with Crippen molar-refractivity contribution in [2.75, 3.05) is 0 Å². The Morgan fingerprint density at radius 2 is 1.00 bits per heavy atom. The predicted octanol–water partition coefficient (Wildman–Crippen LogP) is 5.66. The second-order valence-electron chi connectivity index (χ2n) is 6.46. The molecule has 0 aliphatic carbocycles. The second-order valence-corrected chi connectivity index (χ2v) is 15.7. The van der Waals surface area contributed by atoms with Gasteiger partial charge in [0.05, 0.1) is 0 Å². The maximum atomic E-state index is 12.6. The summed E-state index contributed by atoms with van der Waals surface area (Å²) < 4.78 is 125. The van der Waals surface area contributed by atoms with E-state index >= 15 is 0 Å². The molecule has 14 heteroatoms. The van der Waals surface area contributed by atoms with Gasteiger partial charge in [0, 0.05) is 19.3 Å². The molecule has 0 heterocycles. The zero-order chi connectivity index (χ0) is 20.9. The van der Waals surface area contributed by atoms with Crippen molar-refractivity contribution in [1.29, 1.82) is 0 Å². The minimum Gasteiger partial charge on any atom is -0.442 e. The van der Waals surface area contributed by atoms with Gasteiger partial charge >= 0.3 is 27.1 Å². The molecule has 0 saturated carbocycles. The third kappa shape index (κ3) is 13.2. The molecular formula is C12H23F9O2Si3. The van der Waals surface area contributed by atoms with Gasteiger partial charge in [0.25, 0.3) is 0 Å². The average molecular weight is 455 g/mol. The smallest absolute Gasteiger partial charge is 0.388 e. The normalized spacial score (nSPS) is 15.2. The largest absolute Gasteiger partial charge is 0.442 e. The van der Waals surface area contributed by atoms with Crippen molar-refractivity contribution in [3.8, 4) is 0 Å². The lowest BCUT2D eigenvalue weighted by molar-refractivity contribution is -0.133. The third-order valence-electron chi connectivity index (χ3n) is 3.55. The standard InChI is InChI=1S/C12H23F9O2Si3/c1-24-22-25(2,3)23-26(7-4-10(13,14)15,8-5-11(16,17)18)9-6-12(19,20)21/h4-9,24H2,1-3H3. The molecule has 0 atom stereocenters. The van der Waals surface area contributed by atoms with Crippen molar-refractivity contribution in [3.05, 3.63) is 0 Å². The molecule has 0 aromatic heterocycles. The van der Waals surface area contributed by atoms with Crippen molar-refractivity contribution < 1.29 is 47.7 Å². The predicted molar refractivity (Wildman–Crippen MR) is 86.3 cm³/mol. The van der Waals surface area contributed by atoms with Gasteiger partial charge in [-0.05, 0) is 31.2 Å². The first-order chi connectivity index (χ1) is 11.4. The summed E-state index contributed by atoms with van der Waals surface area (Å²) in [5, 5.41) is 0. The molecule has 0 unspecified atom stereocenters. The van der Waals surface area contributed by atoms with E-state index in [9.17, 15) is 39.5 Å². The van der Waals surface area contributed by atoms with Gasteiger partial charge in [0.15, 0.2) is 8.32 Å². The first-order valence-corrected chi connectivity index (χ1v) is 15.3. The SMILES string of the molecule is C[SiH2]O[Si](C)(C)O[Si](CCC(F)(F)F)(CCC(F)(F)F)CCC(F)(F)F. The molecule has 0 spiro atoms. The average Bonchev–Trinajstić information content (AvgIpc) is 2.37. The molecule has 0 N–H and O–H groups in total. The summed E-state index contributed by atoms with van der Waals surface area (Å²) in [7, 11) is -8.20. The van der Waals surface area contributed by atoms with Gasteiger partial charge in [0.1, 0.15) is 9.76 Å². The first kappa shape index (κ1) is 25.9. The van der Waals surface area contributed by atoms with E-state index in [4.69, 9.17) is 8.23 Å². The van der Waals surface area contributed by atoms with Crippen molar-refractivity contribution in [1.82, 2.24) is 0 Å². The van der Waals surface area contributed by atoms with E-state index in [0.717, 1.165) is 0 Å². The summed E-state index contributed by atoms with van der Waals surface area (Å²) in [6.45, 7) is 4.59. The molecule has 0 aromatic carbocycles. The van der Waals surface area contributed by atoms with Crippen LogP contribution in [0.25, 0.3) is 0 Å². The summed E-state index contributed by atoms with van der Waals surface area (Å²) in [5.41, 5.74) is 0. The molecule has 0 aliphatic rings. The number of hydrogen-bond donors (Lipinski definition) is 0. The summed E-state index contributed by atoms with van der Waals surface area (Å²) in [5.74, 6) is 0. The molecule has 0 fully saturated rings. The maximum Gasteiger partial charge on any atom is 0.388 e. The molecule has 2 nitrogen and oxygen atoms in total. The Kier molecular flexibility index (Phi) is 9.41. The zero-order valence-corrected chi connectivity index (χ0v) is 18.1. The Morgan fingerprint density at radius 1 is 0.692 bits per heavy atom. The molecule has 0 aromatic rings. The fourth-order valence-electron chi connectivity index (χ4n) is 2.54. The van der Waals surface area contributed by atoms with Crippen LogP contribution in [0.3, 0.4) is 0 Å². The Hall–Kier alpha value is -0.0594. The van der Waals surface area contributed by atoms with Crippen molar-refractivity contribution in [2.24, 2.45) is 0 Å². The topological polar surface area (TPSA) is 18.5 Å². The Labute approximate surface area is 150 Å². The van der Waals surface area contributed by atoms with E-state index in [1.807, 2.05) is 0 Å². The molecule has 0 radical (unpaired) electrons. The second kappa shape index (κ2) is 9.43. The summed E-state index contributed by atoms with van der Waals surface area (Å²) in [6.07, 6.45) is -18.5. The number of halogens is 9. The van der Waals surface area contributed by atoms with Gasteiger partial charge in [-0.3, -0.25) is 0 Å². The highest BCUT2D eigenvalue weighted by Crippen LogP contribution is 2.39. The van der Waals surface area contributed by atoms with Crippen LogP contribution in [0.2, 0.25) is 37.8 Å². The molecule has 0 amide bonds. The zero-order valence-electron chi connectivity index (χ0n) is 14.7. The highest BCUT2D eigenvalue weighted by atomic mass is 28.5. The lowest BCUT2D eigenvalue weighted by Gasteiger charge is -2.39. The fourth-order valence-corrected chi connectivity index (χ4v) is 14.4. The quantitative estimate of drug-likeness (QED) is 0.313. The Balaban J connectivity index is 5.63. The minimum absolute atomic E-state index is 0.840. The van der Waals surface area contributed by atoms with Gasteiger partial charge in [-0.2, -0.15) is 39.5 Å². The van der Waals surface area contributed by atoms with Gasteiger partial charge in [-0.15, -0.1) is 0 Å². The van der Waals surface area contributed by atoms with Gasteiger partial charge in [-0.1, -0.05) is 6.55 Å². The van der Waals surface area contributed by atoms with Gasteiger partial charge < -0.3 is 8.23 Å². The fraction of sp³-hybridized carbons (Fsp3) is 1.00. The van der Waals surface area contributed by atoms with E-state index < -0.39 is 82.6 Å². The van der Waals surface area contributed by atoms with Crippen LogP contribution < -0.4 is 0 Å². The third-order valence-corrected chi connectivity index (χ3v) is 14.7. The molecule has 26 heavy (non-hydrogen) atoms. The van der Waals surface area contributed by atoms with Crippen LogP contribution in [-0.4, -0.2) is 45.2 Å². The molecule has 158 valence electrons. The monoisotopic (exact) mass is 454 g/mol. The van der Waals surface area contributed by atoms with Crippen LogP contribution >= 0.6 is 0 Å². The van der Waals surface area contributed by atoms with Crippen molar-refractivity contribution >= 4 is 26.6 Å². The lowest BCUT2D eigenvalue weighted by atomic mass is 10.5. The van der Waals surface area contributed by atoms with E-state index in [0.29, 0.717) is 0 Å². The van der Waals surface area contributed by atoms with E-state index in [-0.39, 0.29) is 0 Å². The summed E-state index contributed by atoms with van der Waals surface area (Å²) in [4.78, 5) is 0. The van der Waals surface area contributed by atoms with Crippen LogP contribution in [0.15, 0.2) is 0 Å². The lowest BCUT2D eigenvalue weighted by Crippen LogP contribution is -2.51. The number of rotatable bonds is 10. The van der Waals surface area contributed by atoms with Crippen molar-refractivity contribution in [2.45, 2.75) is 75.6 Å². The molecular weight excluding hydrogens is 431 g/mol. The molecule has 0 saturated heterocycles. The first-order valence-electron chi connectivity index (χ1n) is 7.93. The van der Waals surface area contributed by atoms with E-state index in [2.05, 4.69) is 0 Å². The minimum atomic E-state index is -4.69. The molecule has 0 aliphatic heterocycles. The van der Waals surface area contributed by atoms with Crippen molar-refractivity contribution in [3.63, 3.8) is 0 Å². The van der Waals surface area contributed by atoms with Gasteiger partial charge in [-0.25, -0.2) is 0 Å². The highest BCUT2D eigenvalue weighted by Gasteiger charge is 2.47.